The van der Waals surface area contributed by atoms with Gasteiger partial charge in [-0.15, -0.1) is 0 Å². The molecule has 88 valence electrons. The molecule has 0 radical (unpaired) electrons. The highest BCUT2D eigenvalue weighted by Crippen LogP contribution is 2.15. The summed E-state index contributed by atoms with van der Waals surface area (Å²) in [5, 5.41) is 11.5. The Labute approximate surface area is 113 Å². The van der Waals surface area contributed by atoms with Crippen molar-refractivity contribution in [2.45, 2.75) is 0 Å². The minimum absolute atomic E-state index is 0.227. The number of nitriles is 1. The number of anilines is 1. The molecule has 0 spiro atoms. The molecule has 0 atom stereocenters. The third kappa shape index (κ3) is 2.96. The summed E-state index contributed by atoms with van der Waals surface area (Å²) in [4.78, 5) is 11.9. The molecule has 0 fully saturated rings. The molecule has 2 aromatic carbocycles. The van der Waals surface area contributed by atoms with Crippen LogP contribution >= 0.6 is 15.9 Å². The number of halogens is 1. The van der Waals surface area contributed by atoms with Gasteiger partial charge in [-0.3, -0.25) is 4.79 Å². The fourth-order valence-corrected chi connectivity index (χ4v) is 1.73. The largest absolute Gasteiger partial charge is 0.322 e. The van der Waals surface area contributed by atoms with Crippen molar-refractivity contribution in [2.24, 2.45) is 0 Å². The maximum Gasteiger partial charge on any atom is 0.255 e. The van der Waals surface area contributed by atoms with E-state index in [1.165, 1.54) is 0 Å². The van der Waals surface area contributed by atoms with E-state index in [1.54, 1.807) is 36.4 Å². The number of benzene rings is 2. The van der Waals surface area contributed by atoms with Gasteiger partial charge >= 0.3 is 0 Å². The predicted octanol–water partition coefficient (Wildman–Crippen LogP) is 3.57. The Morgan fingerprint density at radius 2 is 1.89 bits per heavy atom. The molecule has 2 aromatic rings. The Hall–Kier alpha value is -2.12. The second kappa shape index (κ2) is 5.48. The average Bonchev–Trinajstić information content (AvgIpc) is 2.41. The number of nitrogens with zero attached hydrogens (tertiary/aromatic N) is 1. The highest BCUT2D eigenvalue weighted by Gasteiger charge is 2.06. The van der Waals surface area contributed by atoms with Gasteiger partial charge in [0.25, 0.3) is 5.91 Å². The highest BCUT2D eigenvalue weighted by molar-refractivity contribution is 9.10. The molecular weight excluding hydrogens is 292 g/mol. The van der Waals surface area contributed by atoms with Gasteiger partial charge in [0.15, 0.2) is 0 Å². The van der Waals surface area contributed by atoms with Crippen molar-refractivity contribution < 1.29 is 4.79 Å². The molecule has 0 heterocycles. The van der Waals surface area contributed by atoms with Gasteiger partial charge in [-0.1, -0.05) is 22.0 Å². The predicted molar refractivity (Wildman–Crippen MR) is 73.3 cm³/mol. The second-order valence-electron chi connectivity index (χ2n) is 3.65. The normalized spacial score (nSPS) is 9.56. The van der Waals surface area contributed by atoms with Crippen LogP contribution in [-0.4, -0.2) is 5.91 Å². The van der Waals surface area contributed by atoms with Crippen LogP contribution in [0.4, 0.5) is 5.69 Å². The van der Waals surface area contributed by atoms with Crippen molar-refractivity contribution in [3.8, 4) is 6.07 Å². The number of amides is 1. The van der Waals surface area contributed by atoms with E-state index in [9.17, 15) is 4.79 Å². The lowest BCUT2D eigenvalue weighted by molar-refractivity contribution is 0.102. The molecule has 1 N–H and O–H groups in total. The van der Waals surface area contributed by atoms with Crippen LogP contribution in [0.25, 0.3) is 0 Å². The topological polar surface area (TPSA) is 52.9 Å². The van der Waals surface area contributed by atoms with Crippen LogP contribution in [0, 0.1) is 11.3 Å². The number of hydrogen-bond donors (Lipinski definition) is 1. The average molecular weight is 301 g/mol. The molecule has 0 aromatic heterocycles. The van der Waals surface area contributed by atoms with E-state index in [1.807, 2.05) is 18.2 Å². The van der Waals surface area contributed by atoms with E-state index < -0.39 is 0 Å². The lowest BCUT2D eigenvalue weighted by Gasteiger charge is -2.05. The zero-order valence-electron chi connectivity index (χ0n) is 9.35. The minimum Gasteiger partial charge on any atom is -0.322 e. The van der Waals surface area contributed by atoms with Crippen LogP contribution < -0.4 is 5.32 Å². The van der Waals surface area contributed by atoms with Gasteiger partial charge in [-0.2, -0.15) is 5.26 Å². The van der Waals surface area contributed by atoms with Gasteiger partial charge in [0.1, 0.15) is 0 Å². The summed E-state index contributed by atoms with van der Waals surface area (Å²) in [6, 6.07) is 15.9. The van der Waals surface area contributed by atoms with Crippen molar-refractivity contribution in [2.75, 3.05) is 5.32 Å². The minimum atomic E-state index is -0.227. The van der Waals surface area contributed by atoms with Gasteiger partial charge in [-0.05, 0) is 42.5 Å². The number of carbonyl (C=O) groups is 1. The lowest BCUT2D eigenvalue weighted by atomic mass is 10.1. The summed E-state index contributed by atoms with van der Waals surface area (Å²) in [6.45, 7) is 0. The Kier molecular flexibility index (Phi) is 3.75. The van der Waals surface area contributed by atoms with Gasteiger partial charge in [0.2, 0.25) is 0 Å². The summed E-state index contributed by atoms with van der Waals surface area (Å²) < 4.78 is 0.951. The second-order valence-corrected chi connectivity index (χ2v) is 4.57. The van der Waals surface area contributed by atoms with E-state index in [0.717, 1.165) is 4.47 Å². The van der Waals surface area contributed by atoms with Crippen LogP contribution in [0.1, 0.15) is 15.9 Å². The lowest BCUT2D eigenvalue weighted by Crippen LogP contribution is -2.11. The van der Waals surface area contributed by atoms with Crippen molar-refractivity contribution >= 4 is 27.5 Å². The van der Waals surface area contributed by atoms with Crippen LogP contribution in [0.3, 0.4) is 0 Å². The summed E-state index contributed by atoms with van der Waals surface area (Å²) in [6.07, 6.45) is 0. The van der Waals surface area contributed by atoms with Crippen molar-refractivity contribution in [1.82, 2.24) is 0 Å². The van der Waals surface area contributed by atoms with Gasteiger partial charge in [-0.25, -0.2) is 0 Å². The van der Waals surface area contributed by atoms with E-state index in [4.69, 9.17) is 5.26 Å². The maximum atomic E-state index is 11.9. The Balaban J connectivity index is 2.17. The summed E-state index contributed by atoms with van der Waals surface area (Å²) in [7, 11) is 0. The first-order valence-electron chi connectivity index (χ1n) is 5.26. The molecule has 0 saturated carbocycles. The van der Waals surface area contributed by atoms with Crippen molar-refractivity contribution in [3.05, 3.63) is 64.1 Å². The van der Waals surface area contributed by atoms with E-state index in [2.05, 4.69) is 21.2 Å². The fraction of sp³-hybridized carbons (Fsp3) is 0. The first-order valence-corrected chi connectivity index (χ1v) is 6.05. The summed E-state index contributed by atoms with van der Waals surface area (Å²) in [5.74, 6) is -0.227. The third-order valence-electron chi connectivity index (χ3n) is 2.36. The number of carbonyl (C=O) groups excluding carboxylic acids is 1. The molecular formula is C14H9BrN2O. The summed E-state index contributed by atoms with van der Waals surface area (Å²) in [5.41, 5.74) is 1.65. The standard InChI is InChI=1S/C14H9BrN2O/c15-12-4-6-13(7-5-12)17-14(18)11-3-1-2-10(8-11)9-16/h1-8H,(H,17,18). The highest BCUT2D eigenvalue weighted by atomic mass is 79.9. The van der Waals surface area contributed by atoms with Gasteiger partial charge < -0.3 is 5.32 Å². The van der Waals surface area contributed by atoms with Crippen molar-refractivity contribution in [3.63, 3.8) is 0 Å². The summed E-state index contributed by atoms with van der Waals surface area (Å²) >= 11 is 3.33. The zero-order chi connectivity index (χ0) is 13.0. The molecule has 18 heavy (non-hydrogen) atoms. The van der Waals surface area contributed by atoms with E-state index in [0.29, 0.717) is 16.8 Å². The quantitative estimate of drug-likeness (QED) is 0.922. The molecule has 0 aliphatic rings. The number of nitrogens with one attached hydrogen (secondary N) is 1. The van der Waals surface area contributed by atoms with E-state index >= 15 is 0 Å². The van der Waals surface area contributed by atoms with Gasteiger partial charge in [0, 0.05) is 15.7 Å². The molecule has 0 aliphatic carbocycles. The van der Waals surface area contributed by atoms with Crippen LogP contribution in [-0.2, 0) is 0 Å². The smallest absolute Gasteiger partial charge is 0.255 e. The van der Waals surface area contributed by atoms with E-state index in [-0.39, 0.29) is 5.91 Å². The maximum absolute atomic E-state index is 11.9. The van der Waals surface area contributed by atoms with Crippen LogP contribution in [0.15, 0.2) is 53.0 Å². The zero-order valence-corrected chi connectivity index (χ0v) is 10.9. The first kappa shape index (κ1) is 12.3. The fourth-order valence-electron chi connectivity index (χ4n) is 1.47. The molecule has 2 rings (SSSR count). The molecule has 0 unspecified atom stereocenters. The number of hydrogen-bond acceptors (Lipinski definition) is 2. The Morgan fingerprint density at radius 3 is 2.56 bits per heavy atom. The van der Waals surface area contributed by atoms with Crippen LogP contribution in [0.2, 0.25) is 0 Å². The Morgan fingerprint density at radius 1 is 1.17 bits per heavy atom. The number of rotatable bonds is 2. The molecule has 4 heteroatoms. The van der Waals surface area contributed by atoms with Crippen molar-refractivity contribution in [1.29, 1.82) is 5.26 Å². The Bertz CT molecular complexity index is 614. The molecule has 1 amide bonds. The third-order valence-corrected chi connectivity index (χ3v) is 2.88. The monoisotopic (exact) mass is 300 g/mol. The molecule has 0 aliphatic heterocycles. The first-order chi connectivity index (χ1) is 8.69. The van der Waals surface area contributed by atoms with Gasteiger partial charge in [0.05, 0.1) is 11.6 Å². The molecule has 0 bridgehead atoms. The van der Waals surface area contributed by atoms with Crippen LogP contribution in [0.5, 0.6) is 0 Å². The molecule has 0 saturated heterocycles. The molecule has 3 nitrogen and oxygen atoms in total. The SMILES string of the molecule is N#Cc1cccc(C(=O)Nc2ccc(Br)cc2)c1.